The van der Waals surface area contributed by atoms with Crippen LogP contribution in [-0.2, 0) is 64.0 Å². The largest absolute Gasteiger partial charge is 0.461 e. The number of urea groups is 2. The highest BCUT2D eigenvalue weighted by atomic mass is 35.5. The fourth-order valence-electron chi connectivity index (χ4n) is 15.3. The van der Waals surface area contributed by atoms with Gasteiger partial charge < -0.3 is 62.6 Å². The number of carbonyl (C=O) groups excluding carboxylic acids is 12. The minimum atomic E-state index is -1.24. The van der Waals surface area contributed by atoms with Crippen LogP contribution in [0.1, 0.15) is 184 Å². The number of nitrogens with one attached hydrogen (secondary N) is 6. The third-order valence-corrected chi connectivity index (χ3v) is 22.5. The number of fused-ring (bicyclic) bond motifs is 2. The molecule has 26 heteroatoms. The van der Waals surface area contributed by atoms with Crippen molar-refractivity contribution in [3.05, 3.63) is 35.9 Å². The zero-order chi connectivity index (χ0) is 69.8. The number of nitrogens with two attached hydrogens (primary N) is 2. The summed E-state index contributed by atoms with van der Waals surface area (Å²) in [6.07, 6.45) is 13.4. The minimum Gasteiger partial charge on any atom is -0.461 e. The minimum absolute atomic E-state index is 0.0599. The van der Waals surface area contributed by atoms with E-state index in [9.17, 15) is 57.5 Å². The Kier molecular flexibility index (Phi) is 23.8. The van der Waals surface area contributed by atoms with Crippen molar-refractivity contribution in [3.63, 3.8) is 0 Å². The first-order chi connectivity index (χ1) is 44.5. The number of piperidine rings is 2. The first-order valence-corrected chi connectivity index (χ1v) is 35.1. The molecule has 12 atom stereocenters. The van der Waals surface area contributed by atoms with Crippen LogP contribution in [-0.4, -0.2) is 153 Å². The van der Waals surface area contributed by atoms with Gasteiger partial charge in [-0.1, -0.05) is 156 Å². The summed E-state index contributed by atoms with van der Waals surface area (Å²) in [7, 11) is 0. The third kappa shape index (κ3) is 17.8. The summed E-state index contributed by atoms with van der Waals surface area (Å²) in [6, 6.07) is -0.114. The second kappa shape index (κ2) is 30.5. The monoisotopic (exact) mass is 1360 g/mol. The van der Waals surface area contributed by atoms with E-state index in [0.29, 0.717) is 25.8 Å². The average molecular weight is 1370 g/mol. The molecule has 24 nitrogen and oxygen atoms in total. The number of hydrogen-bond donors (Lipinski definition) is 8. The van der Waals surface area contributed by atoms with Crippen molar-refractivity contribution in [3.8, 4) is 0 Å². The van der Waals surface area contributed by atoms with E-state index in [2.05, 4.69) is 45.7 Å². The summed E-state index contributed by atoms with van der Waals surface area (Å²) in [4.78, 5) is 162. The van der Waals surface area contributed by atoms with E-state index in [4.69, 9.17) is 44.1 Å². The SMILES string of the molecule is CC(C)(C)[C@H](NC(=O)N[C@H](C(=O)OCc1ccccc1)C1CCCC1)C(=O)N1C[C@H]2[C@@H]([C@H]1C(=O)NC(CC1CCC1)C(=O)C(N)=O)C2(C)C.CC(C)OC(=O)[C@@H](NC(=O)N[C@H](C(=O)N1C[C@H]2[C@@H]([C@H]1C(=O)NC(CC1CCC1)C(=O)C(N)=O)C2(Cl)Cl)C1CCCCC1)C(C)(C)C. The Hall–Kier alpha value is -6.56. The van der Waals surface area contributed by atoms with Crippen LogP contribution in [0.4, 0.5) is 9.59 Å². The number of carbonyl (C=O) groups is 12. The van der Waals surface area contributed by atoms with Crippen molar-refractivity contribution in [2.24, 2.45) is 75.1 Å². The van der Waals surface area contributed by atoms with Gasteiger partial charge in [0.25, 0.3) is 11.8 Å². The highest BCUT2D eigenvalue weighted by molar-refractivity contribution is 6.51. The molecule has 10 amide bonds. The molecular weight excluding hydrogens is 1260 g/mol. The van der Waals surface area contributed by atoms with E-state index in [1.54, 1.807) is 34.6 Å². The van der Waals surface area contributed by atoms with E-state index in [-0.39, 0.29) is 72.5 Å². The molecule has 8 fully saturated rings. The van der Waals surface area contributed by atoms with E-state index in [1.165, 1.54) is 9.80 Å². The summed E-state index contributed by atoms with van der Waals surface area (Å²) in [6.45, 7) is 18.9. The van der Waals surface area contributed by atoms with Gasteiger partial charge in [0.05, 0.1) is 18.2 Å². The van der Waals surface area contributed by atoms with E-state index >= 15 is 0 Å². The lowest BCUT2D eigenvalue weighted by Gasteiger charge is -2.38. The molecule has 6 saturated carbocycles. The van der Waals surface area contributed by atoms with Crippen molar-refractivity contribution in [2.45, 2.75) is 244 Å². The first kappa shape index (κ1) is 74.2. The van der Waals surface area contributed by atoms with Crippen LogP contribution in [0.2, 0.25) is 0 Å². The van der Waals surface area contributed by atoms with E-state index < -0.39 is 140 Å². The summed E-state index contributed by atoms with van der Waals surface area (Å²) < 4.78 is 9.77. The van der Waals surface area contributed by atoms with Crippen molar-refractivity contribution in [1.82, 2.24) is 41.7 Å². The van der Waals surface area contributed by atoms with Crippen LogP contribution in [0.15, 0.2) is 30.3 Å². The number of halogens is 2. The van der Waals surface area contributed by atoms with E-state index in [0.717, 1.165) is 89.0 Å². The standard InChI is InChI=1S/C37H53N5O7.C32H49Cl2N5O7/c1-36(2,3)30(41-35(48)40-27(23-16-9-10-17-23)34(47)49-20-22-12-7-6-8-13-22)33(46)42-19-24-26(37(24,4)5)28(42)32(45)39-25(29(43)31(38)44)18-21-14-11-15-21;1-16(2)46-29(44)25(31(3,4)5)38-30(45)37-22(18-12-7-6-8-13-18)28(43)39-15-19-21(32(19,33)34)23(39)27(42)36-20(24(40)26(35)41)14-17-10-9-11-17/h6-8,12-13,21,23-28,30H,9-11,14-20H2,1-5H3,(H2,38,44)(H,39,45)(H2,40,41,48);16-23,25H,6-15H2,1-5H3,(H2,35,41)(H,36,42)(H2,37,38,45)/t24-,25?,26-,27-,28-,30+;19-,20?,21-,22-,23-,25+/m00/s1. The topological polar surface area (TPSA) is 354 Å². The summed E-state index contributed by atoms with van der Waals surface area (Å²) in [5, 5.41) is 16.7. The van der Waals surface area contributed by atoms with Crippen molar-refractivity contribution in [2.75, 3.05) is 13.1 Å². The molecule has 0 spiro atoms. The Balaban J connectivity index is 0.000000244. The van der Waals surface area contributed by atoms with Crippen LogP contribution in [0.5, 0.6) is 0 Å². The number of nitrogens with zero attached hydrogens (tertiary/aromatic N) is 2. The molecule has 1 aromatic rings. The number of esters is 2. The smallest absolute Gasteiger partial charge is 0.329 e. The van der Waals surface area contributed by atoms with Gasteiger partial charge in [0, 0.05) is 24.9 Å². The number of amides is 10. The van der Waals surface area contributed by atoms with E-state index in [1.807, 2.05) is 51.1 Å². The normalized spacial score (nSPS) is 25.5. The van der Waals surface area contributed by atoms with Gasteiger partial charge in [-0.3, -0.25) is 38.4 Å². The number of Topliss-reactive ketones (excluding diaryl/α,β-unsaturated/α-hetero) is 2. The number of likely N-dealkylation sites (tertiary alicyclic amines) is 2. The van der Waals surface area contributed by atoms with Gasteiger partial charge in [0.15, 0.2) is 0 Å². The van der Waals surface area contributed by atoms with Crippen LogP contribution in [0, 0.1) is 63.6 Å². The molecule has 2 unspecified atom stereocenters. The van der Waals surface area contributed by atoms with Gasteiger partial charge >= 0.3 is 24.0 Å². The predicted molar refractivity (Wildman–Crippen MR) is 353 cm³/mol. The molecule has 6 aliphatic carbocycles. The molecule has 0 aromatic heterocycles. The molecule has 10 N–H and O–H groups in total. The van der Waals surface area contributed by atoms with Crippen molar-refractivity contribution < 1.29 is 67.0 Å². The summed E-state index contributed by atoms with van der Waals surface area (Å²) in [5.41, 5.74) is 9.84. The molecular formula is C69H102Cl2N10O14. The van der Waals surface area contributed by atoms with Crippen LogP contribution >= 0.6 is 23.2 Å². The number of ketones is 2. The molecule has 2 aliphatic heterocycles. The highest BCUT2D eigenvalue weighted by Crippen LogP contribution is 2.66. The number of alkyl halides is 2. The second-order valence-corrected chi connectivity index (χ2v) is 32.5. The lowest BCUT2D eigenvalue weighted by Crippen LogP contribution is -2.62. The lowest BCUT2D eigenvalue weighted by atomic mass is 9.80. The first-order valence-electron chi connectivity index (χ1n) is 34.3. The quantitative estimate of drug-likeness (QED) is 0.0308. The zero-order valence-electron chi connectivity index (χ0n) is 56.9. The molecule has 0 radical (unpaired) electrons. The predicted octanol–water partition coefficient (Wildman–Crippen LogP) is 6.18. The maximum atomic E-state index is 14.4. The molecule has 0 bridgehead atoms. The van der Waals surface area contributed by atoms with Crippen LogP contribution < -0.4 is 43.4 Å². The second-order valence-electron chi connectivity index (χ2n) is 31.1. The third-order valence-electron chi connectivity index (χ3n) is 21.4. The molecule has 526 valence electrons. The Labute approximate surface area is 568 Å². The molecule has 8 aliphatic rings. The maximum Gasteiger partial charge on any atom is 0.329 e. The Morgan fingerprint density at radius 3 is 1.45 bits per heavy atom. The zero-order valence-corrected chi connectivity index (χ0v) is 58.4. The van der Waals surface area contributed by atoms with Crippen molar-refractivity contribution in [1.29, 1.82) is 0 Å². The maximum absolute atomic E-state index is 14.4. The lowest BCUT2D eigenvalue weighted by molar-refractivity contribution is -0.152. The average Bonchev–Trinajstić information content (AvgIpc) is 1.53. The number of ether oxygens (including phenoxy) is 2. The van der Waals surface area contributed by atoms with Gasteiger partial charge in [-0.25, -0.2) is 19.2 Å². The number of benzene rings is 1. The fraction of sp³-hybridized carbons (Fsp3) is 0.739. The Bertz CT molecular complexity index is 3040. The van der Waals surface area contributed by atoms with Crippen LogP contribution in [0.25, 0.3) is 0 Å². The summed E-state index contributed by atoms with van der Waals surface area (Å²) in [5.74, 6) is -8.07. The Morgan fingerprint density at radius 1 is 0.547 bits per heavy atom. The molecule has 2 heterocycles. The van der Waals surface area contributed by atoms with Gasteiger partial charge in [0.2, 0.25) is 35.2 Å². The van der Waals surface area contributed by atoms with Gasteiger partial charge in [0.1, 0.15) is 47.2 Å². The van der Waals surface area contributed by atoms with Crippen molar-refractivity contribution >= 4 is 94.2 Å². The van der Waals surface area contributed by atoms with Crippen LogP contribution in [0.3, 0.4) is 0 Å². The molecule has 95 heavy (non-hydrogen) atoms. The summed E-state index contributed by atoms with van der Waals surface area (Å²) >= 11 is 13.1. The number of primary amides is 2. The van der Waals surface area contributed by atoms with Gasteiger partial charge in [-0.15, -0.1) is 23.2 Å². The van der Waals surface area contributed by atoms with Gasteiger partial charge in [-0.2, -0.15) is 0 Å². The molecule has 1 aromatic carbocycles. The Morgan fingerprint density at radius 2 is 0.989 bits per heavy atom. The fourth-order valence-corrected chi connectivity index (χ4v) is 16.1. The highest BCUT2D eigenvalue weighted by Gasteiger charge is 2.74. The molecule has 2 saturated heterocycles. The van der Waals surface area contributed by atoms with Gasteiger partial charge in [-0.05, 0) is 110 Å². The number of rotatable bonds is 25. The molecule has 9 rings (SSSR count). The number of hydrogen-bond acceptors (Lipinski definition) is 14.